The number of hydrogen-bond donors (Lipinski definition) is 0. The number of terminal acetylenes is 1. The number of benzene rings is 1. The summed E-state index contributed by atoms with van der Waals surface area (Å²) in [6, 6.07) is 3.81. The van der Waals surface area contributed by atoms with Crippen LogP contribution in [0, 0.1) is 18.2 Å². The van der Waals surface area contributed by atoms with Crippen molar-refractivity contribution in [2.45, 2.75) is 0 Å². The summed E-state index contributed by atoms with van der Waals surface area (Å²) in [6.45, 7) is 0. The minimum Gasteiger partial charge on any atom is -0.275 e. The van der Waals surface area contributed by atoms with E-state index in [1.807, 2.05) is 0 Å². The monoisotopic (exact) mass is 182 g/mol. The molecule has 1 aromatic carbocycles. The molecule has 0 unspecified atom stereocenters. The van der Waals surface area contributed by atoms with Gasteiger partial charge in [-0.1, -0.05) is 5.92 Å². The fourth-order valence-corrected chi connectivity index (χ4v) is 0.918. The van der Waals surface area contributed by atoms with Crippen molar-refractivity contribution in [3.05, 3.63) is 35.1 Å². The van der Waals surface area contributed by atoms with E-state index in [9.17, 15) is 9.18 Å². The van der Waals surface area contributed by atoms with E-state index >= 15 is 0 Å². The maximum atomic E-state index is 12.9. The quantitative estimate of drug-likeness (QED) is 0.481. The highest BCUT2D eigenvalue weighted by Gasteiger charge is 2.08. The molecule has 0 radical (unpaired) electrons. The van der Waals surface area contributed by atoms with Crippen molar-refractivity contribution >= 4 is 16.8 Å². The zero-order valence-corrected chi connectivity index (χ0v) is 6.73. The van der Waals surface area contributed by atoms with Gasteiger partial charge in [0.1, 0.15) is 5.82 Å². The van der Waals surface area contributed by atoms with Gasteiger partial charge in [-0.2, -0.15) is 0 Å². The summed E-state index contributed by atoms with van der Waals surface area (Å²) in [4.78, 5) is 10.5. The van der Waals surface area contributed by atoms with E-state index < -0.39 is 11.1 Å². The minimum atomic E-state index is -0.823. The van der Waals surface area contributed by atoms with Gasteiger partial charge in [0.2, 0.25) is 0 Å². The largest absolute Gasteiger partial charge is 0.275 e. The second kappa shape index (κ2) is 3.38. The topological polar surface area (TPSA) is 17.1 Å². The number of carbonyl (C=O) groups is 1. The number of rotatable bonds is 1. The van der Waals surface area contributed by atoms with Crippen LogP contribution in [-0.4, -0.2) is 5.24 Å². The van der Waals surface area contributed by atoms with Crippen molar-refractivity contribution < 1.29 is 9.18 Å². The highest BCUT2D eigenvalue weighted by molar-refractivity contribution is 6.67. The van der Waals surface area contributed by atoms with Gasteiger partial charge in [-0.15, -0.1) is 6.42 Å². The third-order valence-electron chi connectivity index (χ3n) is 1.35. The summed E-state index contributed by atoms with van der Waals surface area (Å²) < 4.78 is 12.9. The zero-order valence-electron chi connectivity index (χ0n) is 5.97. The van der Waals surface area contributed by atoms with Crippen molar-refractivity contribution in [3.63, 3.8) is 0 Å². The van der Waals surface area contributed by atoms with Gasteiger partial charge in [-0.3, -0.25) is 4.79 Å². The molecule has 0 N–H and O–H groups in total. The highest BCUT2D eigenvalue weighted by atomic mass is 35.5. The summed E-state index contributed by atoms with van der Waals surface area (Å²) in [7, 11) is 0. The predicted octanol–water partition coefficient (Wildman–Crippen LogP) is 2.19. The SMILES string of the molecule is C#Cc1ccc(C(=O)Cl)c(F)c1. The lowest BCUT2D eigenvalue weighted by atomic mass is 10.1. The number of halogens is 2. The molecule has 60 valence electrons. The second-order valence-electron chi connectivity index (χ2n) is 2.11. The molecule has 1 rings (SSSR count). The van der Waals surface area contributed by atoms with Crippen LogP contribution in [0.5, 0.6) is 0 Å². The Morgan fingerprint density at radius 2 is 2.25 bits per heavy atom. The molecule has 12 heavy (non-hydrogen) atoms. The van der Waals surface area contributed by atoms with Crippen molar-refractivity contribution in [2.75, 3.05) is 0 Å². The smallest absolute Gasteiger partial charge is 0.255 e. The van der Waals surface area contributed by atoms with E-state index in [1.54, 1.807) is 0 Å². The standard InChI is InChI=1S/C9H4ClFO/c1-2-6-3-4-7(9(10)12)8(11)5-6/h1,3-5H. The molecule has 0 fully saturated rings. The molecule has 1 aromatic rings. The van der Waals surface area contributed by atoms with Crippen LogP contribution in [0.3, 0.4) is 0 Å². The van der Waals surface area contributed by atoms with Gasteiger partial charge in [0, 0.05) is 5.56 Å². The summed E-state index contributed by atoms with van der Waals surface area (Å²) in [6.07, 6.45) is 5.01. The van der Waals surface area contributed by atoms with Crippen LogP contribution in [0.1, 0.15) is 15.9 Å². The van der Waals surface area contributed by atoms with E-state index in [0.29, 0.717) is 5.56 Å². The maximum Gasteiger partial charge on any atom is 0.255 e. The average Bonchev–Trinajstić information content (AvgIpc) is 2.03. The van der Waals surface area contributed by atoms with Crippen LogP contribution < -0.4 is 0 Å². The Morgan fingerprint density at radius 1 is 1.58 bits per heavy atom. The van der Waals surface area contributed by atoms with Gasteiger partial charge >= 0.3 is 0 Å². The van der Waals surface area contributed by atoms with E-state index in [0.717, 1.165) is 6.07 Å². The first-order chi connectivity index (χ1) is 5.65. The summed E-state index contributed by atoms with van der Waals surface area (Å²) in [5.74, 6) is 1.55. The Kier molecular flexibility index (Phi) is 2.47. The fourth-order valence-electron chi connectivity index (χ4n) is 0.764. The van der Waals surface area contributed by atoms with Crippen LogP contribution in [0.25, 0.3) is 0 Å². The lowest BCUT2D eigenvalue weighted by Gasteiger charge is -1.96. The molecule has 0 amide bonds. The van der Waals surface area contributed by atoms with Gasteiger partial charge in [-0.05, 0) is 29.8 Å². The Balaban J connectivity index is 3.23. The number of hydrogen-bond acceptors (Lipinski definition) is 1. The van der Waals surface area contributed by atoms with Crippen molar-refractivity contribution in [2.24, 2.45) is 0 Å². The molecule has 0 aromatic heterocycles. The van der Waals surface area contributed by atoms with Gasteiger partial charge in [0.15, 0.2) is 0 Å². The van der Waals surface area contributed by atoms with E-state index in [4.69, 9.17) is 18.0 Å². The van der Waals surface area contributed by atoms with Gasteiger partial charge in [0.25, 0.3) is 5.24 Å². The second-order valence-corrected chi connectivity index (χ2v) is 2.46. The normalized spacial score (nSPS) is 9.08. The summed E-state index contributed by atoms with van der Waals surface area (Å²) >= 11 is 5.07. The molecule has 0 saturated heterocycles. The van der Waals surface area contributed by atoms with E-state index in [2.05, 4.69) is 5.92 Å². The fraction of sp³-hybridized carbons (Fsp3) is 0. The Labute approximate surface area is 74.2 Å². The van der Waals surface area contributed by atoms with Crippen LogP contribution in [0.15, 0.2) is 18.2 Å². The molecule has 0 saturated carbocycles. The minimum absolute atomic E-state index is 0.157. The molecular formula is C9H4ClFO. The van der Waals surface area contributed by atoms with Crippen molar-refractivity contribution in [3.8, 4) is 12.3 Å². The van der Waals surface area contributed by atoms with Crippen LogP contribution in [0.2, 0.25) is 0 Å². The van der Waals surface area contributed by atoms with Gasteiger partial charge in [0.05, 0.1) is 5.56 Å². The van der Waals surface area contributed by atoms with Crippen molar-refractivity contribution in [1.82, 2.24) is 0 Å². The zero-order chi connectivity index (χ0) is 9.14. The first kappa shape index (κ1) is 8.76. The van der Waals surface area contributed by atoms with Gasteiger partial charge < -0.3 is 0 Å². The molecule has 3 heteroatoms. The molecule has 0 aliphatic rings. The highest BCUT2D eigenvalue weighted by Crippen LogP contribution is 2.11. The Hall–Kier alpha value is -1.33. The molecule has 1 nitrogen and oxygen atoms in total. The molecule has 0 aliphatic carbocycles. The maximum absolute atomic E-state index is 12.9. The third-order valence-corrected chi connectivity index (χ3v) is 1.55. The average molecular weight is 183 g/mol. The van der Waals surface area contributed by atoms with E-state index in [-0.39, 0.29) is 5.56 Å². The number of carbonyl (C=O) groups excluding carboxylic acids is 1. The predicted molar refractivity (Wildman–Crippen MR) is 44.5 cm³/mol. The molecule has 0 atom stereocenters. The molecule has 0 aliphatic heterocycles. The van der Waals surface area contributed by atoms with Crippen LogP contribution >= 0.6 is 11.6 Å². The molecule has 0 bridgehead atoms. The molecule has 0 spiro atoms. The van der Waals surface area contributed by atoms with Gasteiger partial charge in [-0.25, -0.2) is 4.39 Å². The Morgan fingerprint density at radius 3 is 2.67 bits per heavy atom. The summed E-state index contributed by atoms with van der Waals surface area (Å²) in [5.41, 5.74) is 0.227. The first-order valence-electron chi connectivity index (χ1n) is 3.11. The Bertz CT molecular complexity index is 365. The van der Waals surface area contributed by atoms with Crippen molar-refractivity contribution in [1.29, 1.82) is 0 Å². The van der Waals surface area contributed by atoms with E-state index in [1.165, 1.54) is 12.1 Å². The van der Waals surface area contributed by atoms with Crippen LogP contribution in [-0.2, 0) is 0 Å². The first-order valence-corrected chi connectivity index (χ1v) is 3.49. The van der Waals surface area contributed by atoms with Crippen LogP contribution in [0.4, 0.5) is 4.39 Å². The third kappa shape index (κ3) is 1.63. The summed E-state index contributed by atoms with van der Waals surface area (Å²) in [5, 5.41) is -0.823. The lowest BCUT2D eigenvalue weighted by molar-refractivity contribution is 0.107. The molecular weight excluding hydrogens is 179 g/mol. The molecule has 0 heterocycles. The lowest BCUT2D eigenvalue weighted by Crippen LogP contribution is -1.94.